The summed E-state index contributed by atoms with van der Waals surface area (Å²) in [6, 6.07) is 14.6. The van der Waals surface area contributed by atoms with Crippen LogP contribution in [-0.2, 0) is 19.6 Å². The van der Waals surface area contributed by atoms with Gasteiger partial charge >= 0.3 is 0 Å². The molecule has 0 heterocycles. The van der Waals surface area contributed by atoms with Gasteiger partial charge in [0.25, 0.3) is 0 Å². The van der Waals surface area contributed by atoms with Crippen molar-refractivity contribution in [1.82, 2.24) is 9.62 Å². The molecule has 0 unspecified atom stereocenters. The minimum absolute atomic E-state index is 0.0000694. The summed E-state index contributed by atoms with van der Waals surface area (Å²) >= 11 is 0. The molecule has 0 saturated carbocycles. The summed E-state index contributed by atoms with van der Waals surface area (Å²) in [6.07, 6.45) is 0.835. The lowest BCUT2D eigenvalue weighted by molar-refractivity contribution is -0.122. The Morgan fingerprint density at radius 2 is 1.71 bits per heavy atom. The highest BCUT2D eigenvalue weighted by atomic mass is 32.2. The third-order valence-corrected chi connectivity index (χ3v) is 6.71. The van der Waals surface area contributed by atoms with E-state index in [4.69, 9.17) is 9.47 Å². The maximum Gasteiger partial charge on any atom is 0.243 e. The van der Waals surface area contributed by atoms with Crippen LogP contribution in [0, 0.1) is 0 Å². The highest BCUT2D eigenvalue weighted by Crippen LogP contribution is 2.30. The molecule has 0 aliphatic heterocycles. The minimum Gasteiger partial charge on any atom is -0.497 e. The zero-order chi connectivity index (χ0) is 22.9. The van der Waals surface area contributed by atoms with Crippen LogP contribution in [0.4, 0.5) is 0 Å². The van der Waals surface area contributed by atoms with Gasteiger partial charge < -0.3 is 14.8 Å². The van der Waals surface area contributed by atoms with Crippen molar-refractivity contribution in [2.75, 3.05) is 27.3 Å². The highest BCUT2D eigenvalue weighted by molar-refractivity contribution is 7.89. The Hall–Kier alpha value is -2.42. The van der Waals surface area contributed by atoms with Crippen molar-refractivity contribution >= 4 is 15.9 Å². The molecule has 1 amide bonds. The fourth-order valence-electron chi connectivity index (χ4n) is 3.08. The van der Waals surface area contributed by atoms with Gasteiger partial charge in [0.2, 0.25) is 15.9 Å². The van der Waals surface area contributed by atoms with Gasteiger partial charge in [-0.1, -0.05) is 30.3 Å². The largest absolute Gasteiger partial charge is 0.497 e. The predicted molar refractivity (Wildman–Crippen MR) is 120 cm³/mol. The van der Waals surface area contributed by atoms with Gasteiger partial charge in [-0.2, -0.15) is 4.31 Å². The van der Waals surface area contributed by atoms with E-state index >= 15 is 0 Å². The zero-order valence-electron chi connectivity index (χ0n) is 18.6. The average Bonchev–Trinajstić information content (AvgIpc) is 2.77. The van der Waals surface area contributed by atoms with Crippen molar-refractivity contribution in [3.05, 3.63) is 60.2 Å². The van der Waals surface area contributed by atoms with Crippen molar-refractivity contribution in [3.63, 3.8) is 0 Å². The number of carbonyl (C=O) groups excluding carboxylic acids is 1. The lowest BCUT2D eigenvalue weighted by Crippen LogP contribution is -2.36. The number of nitrogens with zero attached hydrogens (tertiary/aromatic N) is 1. The molecule has 0 saturated heterocycles. The van der Waals surface area contributed by atoms with Crippen molar-refractivity contribution in [2.45, 2.75) is 43.7 Å². The molecule has 170 valence electrons. The number of benzene rings is 2. The summed E-state index contributed by atoms with van der Waals surface area (Å²) < 4.78 is 38.3. The van der Waals surface area contributed by atoms with Crippen molar-refractivity contribution in [2.24, 2.45) is 0 Å². The van der Waals surface area contributed by atoms with Crippen molar-refractivity contribution in [3.8, 4) is 5.75 Å². The van der Waals surface area contributed by atoms with E-state index in [1.165, 1.54) is 11.4 Å². The molecule has 0 aliphatic carbocycles. The number of carbonyl (C=O) groups is 1. The Balaban J connectivity index is 2.17. The van der Waals surface area contributed by atoms with Crippen LogP contribution in [0.2, 0.25) is 0 Å². The molecule has 1 N–H and O–H groups in total. The number of hydrogen-bond donors (Lipinski definition) is 1. The molecule has 0 spiro atoms. The van der Waals surface area contributed by atoms with Gasteiger partial charge in [-0.15, -0.1) is 0 Å². The van der Waals surface area contributed by atoms with Crippen LogP contribution in [0.3, 0.4) is 0 Å². The summed E-state index contributed by atoms with van der Waals surface area (Å²) in [5, 5.41) is 2.86. The zero-order valence-corrected chi connectivity index (χ0v) is 19.4. The second-order valence-corrected chi connectivity index (χ2v) is 9.45. The van der Waals surface area contributed by atoms with Crippen molar-refractivity contribution < 1.29 is 22.7 Å². The molecule has 2 rings (SSSR count). The lowest BCUT2D eigenvalue weighted by Gasteiger charge is -2.28. The number of sulfonamides is 1. The Kier molecular flexibility index (Phi) is 9.48. The Labute approximate surface area is 185 Å². The summed E-state index contributed by atoms with van der Waals surface area (Å²) in [5.41, 5.74) is 0.709. The van der Waals surface area contributed by atoms with Crippen LogP contribution >= 0.6 is 0 Å². The number of methoxy groups -OCH3 is 1. The Morgan fingerprint density at radius 1 is 1.06 bits per heavy atom. The SMILES string of the molecule is COc1ccc([C@@H](CC(=O)NCCCOC(C)C)N(C)S(=O)(=O)c2ccccc2)cc1. The van der Waals surface area contributed by atoms with Crippen LogP contribution in [0.5, 0.6) is 5.75 Å². The number of rotatable bonds is 12. The van der Waals surface area contributed by atoms with E-state index in [0.29, 0.717) is 30.9 Å². The molecule has 31 heavy (non-hydrogen) atoms. The second kappa shape index (κ2) is 11.8. The number of amides is 1. The standard InChI is InChI=1S/C23H32N2O5S/c1-18(2)30-16-8-15-24-23(26)17-22(19-11-13-20(29-4)14-12-19)25(3)31(27,28)21-9-6-5-7-10-21/h5-7,9-14,18,22H,8,15-17H2,1-4H3,(H,24,26)/t22-/m1/s1. The second-order valence-electron chi connectivity index (χ2n) is 7.45. The third kappa shape index (κ3) is 7.34. The van der Waals surface area contributed by atoms with Crippen LogP contribution in [0.25, 0.3) is 0 Å². The summed E-state index contributed by atoms with van der Waals surface area (Å²) in [4.78, 5) is 12.8. The first-order valence-corrected chi connectivity index (χ1v) is 11.7. The van der Waals surface area contributed by atoms with Gasteiger partial charge in [0.15, 0.2) is 0 Å². The van der Waals surface area contributed by atoms with Gasteiger partial charge in [-0.3, -0.25) is 4.79 Å². The molecule has 2 aromatic rings. The monoisotopic (exact) mass is 448 g/mol. The van der Waals surface area contributed by atoms with E-state index < -0.39 is 16.1 Å². The number of nitrogens with one attached hydrogen (secondary N) is 1. The molecule has 1 atom stereocenters. The number of ether oxygens (including phenoxy) is 2. The molecule has 0 aromatic heterocycles. The fourth-order valence-corrected chi connectivity index (χ4v) is 4.44. The molecule has 8 heteroatoms. The Bertz CT molecular complexity index is 915. The highest BCUT2D eigenvalue weighted by Gasteiger charge is 2.30. The normalized spacial score (nSPS) is 12.7. The van der Waals surface area contributed by atoms with E-state index in [1.54, 1.807) is 61.7 Å². The minimum atomic E-state index is -3.78. The summed E-state index contributed by atoms with van der Waals surface area (Å²) in [7, 11) is -0.719. The predicted octanol–water partition coefficient (Wildman–Crippen LogP) is 3.38. The van der Waals surface area contributed by atoms with Crippen LogP contribution < -0.4 is 10.1 Å². The van der Waals surface area contributed by atoms with E-state index in [1.807, 2.05) is 13.8 Å². The molecule has 0 fully saturated rings. The van der Waals surface area contributed by atoms with Gasteiger partial charge in [0.05, 0.1) is 24.2 Å². The van der Waals surface area contributed by atoms with Gasteiger partial charge in [-0.05, 0) is 50.1 Å². The first-order valence-electron chi connectivity index (χ1n) is 10.3. The fraction of sp³-hybridized carbons (Fsp3) is 0.435. The average molecular weight is 449 g/mol. The van der Waals surface area contributed by atoms with Gasteiger partial charge in [0.1, 0.15) is 5.75 Å². The van der Waals surface area contributed by atoms with E-state index in [2.05, 4.69) is 5.32 Å². The van der Waals surface area contributed by atoms with E-state index in [9.17, 15) is 13.2 Å². The van der Waals surface area contributed by atoms with Crippen molar-refractivity contribution in [1.29, 1.82) is 0 Å². The lowest BCUT2D eigenvalue weighted by atomic mass is 10.0. The molecule has 0 radical (unpaired) electrons. The molecule has 7 nitrogen and oxygen atoms in total. The van der Waals surface area contributed by atoms with Crippen LogP contribution in [0.15, 0.2) is 59.5 Å². The van der Waals surface area contributed by atoms with Crippen LogP contribution in [-0.4, -0.2) is 52.0 Å². The van der Waals surface area contributed by atoms with E-state index in [0.717, 1.165) is 0 Å². The smallest absolute Gasteiger partial charge is 0.243 e. The van der Waals surface area contributed by atoms with Gasteiger partial charge in [-0.25, -0.2) is 8.42 Å². The van der Waals surface area contributed by atoms with E-state index in [-0.39, 0.29) is 23.3 Å². The molecular formula is C23H32N2O5S. The summed E-state index contributed by atoms with van der Waals surface area (Å²) in [5.74, 6) is 0.436. The maximum atomic E-state index is 13.2. The topological polar surface area (TPSA) is 84.9 Å². The molecule has 2 aromatic carbocycles. The summed E-state index contributed by atoms with van der Waals surface area (Å²) in [6.45, 7) is 4.94. The van der Waals surface area contributed by atoms with Gasteiger partial charge in [0, 0.05) is 26.6 Å². The first kappa shape index (κ1) is 24.8. The first-order chi connectivity index (χ1) is 14.8. The Morgan fingerprint density at radius 3 is 2.29 bits per heavy atom. The maximum absolute atomic E-state index is 13.2. The molecule has 0 aliphatic rings. The quantitative estimate of drug-likeness (QED) is 0.503. The molecular weight excluding hydrogens is 416 g/mol. The third-order valence-electron chi connectivity index (χ3n) is 4.83. The number of hydrogen-bond acceptors (Lipinski definition) is 5. The molecule has 0 bridgehead atoms. The van der Waals surface area contributed by atoms with Crippen LogP contribution in [0.1, 0.15) is 38.3 Å².